The van der Waals surface area contributed by atoms with Crippen LogP contribution in [0.3, 0.4) is 0 Å². The fourth-order valence-corrected chi connectivity index (χ4v) is 1.29. The summed E-state index contributed by atoms with van der Waals surface area (Å²) >= 11 is 0. The molecule has 0 N–H and O–H groups in total. The Labute approximate surface area is 107 Å². The second-order valence-electron chi connectivity index (χ2n) is 4.72. The van der Waals surface area contributed by atoms with Crippen LogP contribution < -0.4 is 0 Å². The first-order chi connectivity index (χ1) is 8.44. The number of rotatable bonds is 2. The monoisotopic (exact) mass is 244 g/mol. The molecule has 1 aromatic rings. The van der Waals surface area contributed by atoms with Gasteiger partial charge in [0.25, 0.3) is 0 Å². The van der Waals surface area contributed by atoms with Crippen molar-refractivity contribution in [2.24, 2.45) is 0 Å². The Morgan fingerprint density at radius 3 is 2.61 bits per heavy atom. The van der Waals surface area contributed by atoms with Crippen LogP contribution in [-0.2, 0) is 9.53 Å². The third kappa shape index (κ3) is 4.42. The van der Waals surface area contributed by atoms with Crippen LogP contribution in [0.4, 0.5) is 0 Å². The molecule has 0 saturated heterocycles. The molecular formula is C15H16O3. The molecule has 0 bridgehead atoms. The fraction of sp³-hybridized carbons (Fsp3) is 0.333. The minimum Gasteiger partial charge on any atom is -0.456 e. The molecule has 0 heterocycles. The van der Waals surface area contributed by atoms with Crippen LogP contribution in [0.25, 0.3) is 0 Å². The lowest BCUT2D eigenvalue weighted by atomic mass is 10.1. The quantitative estimate of drug-likeness (QED) is 0.456. The Kier molecular flexibility index (Phi) is 4.67. The standard InChI is InChI=1S/C15H16O3/c1-15(2,3)18-14(17)13-10-5-4-8-12(13)9-6-7-11-16/h4-5,8,10-11H,7H2,1-3H3. The number of hydrogen-bond donors (Lipinski definition) is 0. The molecule has 0 spiro atoms. The Morgan fingerprint density at radius 1 is 1.33 bits per heavy atom. The third-order valence-electron chi connectivity index (χ3n) is 1.95. The van der Waals surface area contributed by atoms with Crippen LogP contribution in [-0.4, -0.2) is 17.9 Å². The van der Waals surface area contributed by atoms with E-state index in [1.807, 2.05) is 20.8 Å². The van der Waals surface area contributed by atoms with Crippen molar-refractivity contribution in [1.82, 2.24) is 0 Å². The maximum atomic E-state index is 12.0. The van der Waals surface area contributed by atoms with Gasteiger partial charge >= 0.3 is 5.97 Å². The van der Waals surface area contributed by atoms with Gasteiger partial charge in [-0.1, -0.05) is 24.0 Å². The number of esters is 1. The van der Waals surface area contributed by atoms with E-state index in [0.29, 0.717) is 11.1 Å². The minimum absolute atomic E-state index is 0.155. The molecule has 3 nitrogen and oxygen atoms in total. The minimum atomic E-state index is -0.541. The molecule has 1 rings (SSSR count). The van der Waals surface area contributed by atoms with E-state index in [9.17, 15) is 9.59 Å². The fourth-order valence-electron chi connectivity index (χ4n) is 1.29. The van der Waals surface area contributed by atoms with Crippen molar-refractivity contribution in [2.75, 3.05) is 0 Å². The number of aldehydes is 1. The molecule has 0 atom stereocenters. The van der Waals surface area contributed by atoms with Gasteiger partial charge in [0.05, 0.1) is 12.0 Å². The first kappa shape index (κ1) is 14.0. The summed E-state index contributed by atoms with van der Waals surface area (Å²) in [6, 6.07) is 6.94. The molecule has 3 heteroatoms. The first-order valence-corrected chi connectivity index (χ1v) is 5.69. The average molecular weight is 244 g/mol. The lowest BCUT2D eigenvalue weighted by Crippen LogP contribution is -2.24. The molecular weight excluding hydrogens is 228 g/mol. The van der Waals surface area contributed by atoms with Crippen molar-refractivity contribution < 1.29 is 14.3 Å². The Bertz CT molecular complexity index is 498. The molecule has 0 aromatic heterocycles. The molecule has 0 aliphatic rings. The number of carbonyl (C=O) groups excluding carboxylic acids is 2. The summed E-state index contributed by atoms with van der Waals surface area (Å²) in [6.45, 7) is 5.43. The highest BCUT2D eigenvalue weighted by atomic mass is 16.6. The Balaban J connectivity index is 2.99. The summed E-state index contributed by atoms with van der Waals surface area (Å²) in [5.74, 6) is 5.08. The highest BCUT2D eigenvalue weighted by Gasteiger charge is 2.19. The number of ether oxygens (including phenoxy) is 1. The molecule has 0 aliphatic heterocycles. The van der Waals surface area contributed by atoms with Crippen molar-refractivity contribution in [3.05, 3.63) is 35.4 Å². The van der Waals surface area contributed by atoms with Crippen molar-refractivity contribution in [3.8, 4) is 11.8 Å². The van der Waals surface area contributed by atoms with Gasteiger partial charge in [-0.3, -0.25) is 0 Å². The SMILES string of the molecule is CC(C)(C)OC(=O)c1ccccc1C#CCC=O. The molecule has 0 fully saturated rings. The van der Waals surface area contributed by atoms with Gasteiger partial charge in [0.1, 0.15) is 11.9 Å². The zero-order valence-electron chi connectivity index (χ0n) is 10.8. The maximum Gasteiger partial charge on any atom is 0.339 e. The highest BCUT2D eigenvalue weighted by molar-refractivity contribution is 5.92. The van der Waals surface area contributed by atoms with E-state index in [-0.39, 0.29) is 6.42 Å². The van der Waals surface area contributed by atoms with E-state index in [2.05, 4.69) is 11.8 Å². The van der Waals surface area contributed by atoms with Crippen LogP contribution >= 0.6 is 0 Å². The van der Waals surface area contributed by atoms with E-state index in [4.69, 9.17) is 4.74 Å². The molecule has 0 aliphatic carbocycles. The van der Waals surface area contributed by atoms with Crippen LogP contribution in [0.5, 0.6) is 0 Å². The molecule has 94 valence electrons. The largest absolute Gasteiger partial charge is 0.456 e. The lowest BCUT2D eigenvalue weighted by molar-refractivity contribution is -0.107. The van der Waals surface area contributed by atoms with Gasteiger partial charge in [0.15, 0.2) is 0 Å². The smallest absolute Gasteiger partial charge is 0.339 e. The Morgan fingerprint density at radius 2 is 2.00 bits per heavy atom. The molecule has 18 heavy (non-hydrogen) atoms. The van der Waals surface area contributed by atoms with Crippen molar-refractivity contribution in [2.45, 2.75) is 32.8 Å². The zero-order valence-corrected chi connectivity index (χ0v) is 10.8. The van der Waals surface area contributed by atoms with E-state index < -0.39 is 11.6 Å². The molecule has 0 saturated carbocycles. The summed E-state index contributed by atoms with van der Waals surface area (Å²) in [7, 11) is 0. The normalized spacial score (nSPS) is 10.2. The molecule has 0 unspecified atom stereocenters. The first-order valence-electron chi connectivity index (χ1n) is 5.69. The highest BCUT2D eigenvalue weighted by Crippen LogP contribution is 2.14. The van der Waals surface area contributed by atoms with Gasteiger partial charge in [-0.15, -0.1) is 0 Å². The van der Waals surface area contributed by atoms with E-state index in [0.717, 1.165) is 6.29 Å². The lowest BCUT2D eigenvalue weighted by Gasteiger charge is -2.19. The van der Waals surface area contributed by atoms with Crippen LogP contribution in [0.2, 0.25) is 0 Å². The predicted octanol–water partition coefficient (Wildman–Crippen LogP) is 2.58. The number of carbonyl (C=O) groups is 2. The van der Waals surface area contributed by atoms with Gasteiger partial charge in [-0.2, -0.15) is 0 Å². The second kappa shape index (κ2) is 6.02. The molecule has 0 radical (unpaired) electrons. The number of hydrogen-bond acceptors (Lipinski definition) is 3. The second-order valence-corrected chi connectivity index (χ2v) is 4.72. The van der Waals surface area contributed by atoms with Gasteiger partial charge in [-0.05, 0) is 32.9 Å². The van der Waals surface area contributed by atoms with Gasteiger partial charge in [0, 0.05) is 5.56 Å². The van der Waals surface area contributed by atoms with E-state index in [1.165, 1.54) is 0 Å². The van der Waals surface area contributed by atoms with Gasteiger partial charge in [0.2, 0.25) is 0 Å². The van der Waals surface area contributed by atoms with Crippen LogP contribution in [0.15, 0.2) is 24.3 Å². The summed E-state index contributed by atoms with van der Waals surface area (Å²) < 4.78 is 5.29. The average Bonchev–Trinajstić information content (AvgIpc) is 2.27. The topological polar surface area (TPSA) is 43.4 Å². The third-order valence-corrected chi connectivity index (χ3v) is 1.95. The van der Waals surface area contributed by atoms with Crippen LogP contribution in [0.1, 0.15) is 43.1 Å². The summed E-state index contributed by atoms with van der Waals surface area (Å²) in [5.41, 5.74) is 0.458. The maximum absolute atomic E-state index is 12.0. The summed E-state index contributed by atoms with van der Waals surface area (Å²) in [6.07, 6.45) is 0.881. The van der Waals surface area contributed by atoms with Crippen molar-refractivity contribution >= 4 is 12.3 Å². The van der Waals surface area contributed by atoms with E-state index in [1.54, 1.807) is 24.3 Å². The predicted molar refractivity (Wildman–Crippen MR) is 69.2 cm³/mol. The van der Waals surface area contributed by atoms with Gasteiger partial charge in [-0.25, -0.2) is 4.79 Å². The summed E-state index contributed by atoms with van der Waals surface area (Å²) in [5, 5.41) is 0. The molecule has 0 amide bonds. The Hall–Kier alpha value is -2.08. The van der Waals surface area contributed by atoms with Crippen molar-refractivity contribution in [1.29, 1.82) is 0 Å². The number of benzene rings is 1. The molecule has 1 aromatic carbocycles. The summed E-state index contributed by atoms with van der Waals surface area (Å²) in [4.78, 5) is 22.2. The van der Waals surface area contributed by atoms with E-state index >= 15 is 0 Å². The van der Waals surface area contributed by atoms with Crippen LogP contribution in [0, 0.1) is 11.8 Å². The zero-order chi connectivity index (χ0) is 13.6. The van der Waals surface area contributed by atoms with Crippen molar-refractivity contribution in [3.63, 3.8) is 0 Å². The van der Waals surface area contributed by atoms with Gasteiger partial charge < -0.3 is 9.53 Å².